The molecule has 2 fully saturated rings. The largest absolute Gasteiger partial charge is 0.352 e. The molecular weight excluding hydrogens is 202 g/mol. The molecule has 3 N–H and O–H groups in total. The van der Waals surface area contributed by atoms with E-state index in [0.29, 0.717) is 18.6 Å². The minimum absolute atomic E-state index is 0.0190. The summed E-state index contributed by atoms with van der Waals surface area (Å²) in [5, 5.41) is 3.07. The second kappa shape index (κ2) is 5.15. The van der Waals surface area contributed by atoms with Gasteiger partial charge in [-0.25, -0.2) is 0 Å². The lowest BCUT2D eigenvalue weighted by Gasteiger charge is -2.40. The first-order valence-electron chi connectivity index (χ1n) is 6.48. The van der Waals surface area contributed by atoms with Gasteiger partial charge in [-0.2, -0.15) is 0 Å². The Kier molecular flexibility index (Phi) is 3.82. The van der Waals surface area contributed by atoms with Crippen molar-refractivity contribution < 1.29 is 4.79 Å². The molecule has 1 amide bonds. The Morgan fingerprint density at radius 1 is 1.44 bits per heavy atom. The molecule has 4 nitrogen and oxygen atoms in total. The van der Waals surface area contributed by atoms with Crippen molar-refractivity contribution in [3.63, 3.8) is 0 Å². The van der Waals surface area contributed by atoms with E-state index in [4.69, 9.17) is 5.73 Å². The van der Waals surface area contributed by atoms with E-state index in [0.717, 1.165) is 19.4 Å². The van der Waals surface area contributed by atoms with Crippen molar-refractivity contribution in [3.05, 3.63) is 0 Å². The predicted octanol–water partition coefficient (Wildman–Crippen LogP) is 0.467. The molecule has 0 aromatic heterocycles. The Morgan fingerprint density at radius 2 is 2.12 bits per heavy atom. The summed E-state index contributed by atoms with van der Waals surface area (Å²) in [6.07, 6.45) is 6.04. The summed E-state index contributed by atoms with van der Waals surface area (Å²) in [5.41, 5.74) is 5.62. The van der Waals surface area contributed by atoms with E-state index in [-0.39, 0.29) is 11.9 Å². The molecule has 0 aromatic rings. The minimum atomic E-state index is -0.0190. The summed E-state index contributed by atoms with van der Waals surface area (Å²) < 4.78 is 0. The lowest BCUT2D eigenvalue weighted by atomic mass is 9.90. The highest BCUT2D eigenvalue weighted by Crippen LogP contribution is 2.26. The summed E-state index contributed by atoms with van der Waals surface area (Å²) >= 11 is 0. The van der Waals surface area contributed by atoms with E-state index in [2.05, 4.69) is 10.2 Å². The van der Waals surface area contributed by atoms with Crippen LogP contribution in [0.4, 0.5) is 0 Å². The molecule has 0 heterocycles. The second-order valence-corrected chi connectivity index (χ2v) is 5.07. The first-order valence-corrected chi connectivity index (χ1v) is 6.48. The number of amides is 1. The zero-order valence-electron chi connectivity index (χ0n) is 10.1. The first kappa shape index (κ1) is 11.9. The van der Waals surface area contributed by atoms with E-state index < -0.39 is 0 Å². The standard InChI is InChI=1S/C12H23N3O/c1-9(12(16)14-10-5-6-10)15(8-7-13)11-3-2-4-11/h9-11H,2-8,13H2,1H3,(H,14,16). The number of hydrogen-bond acceptors (Lipinski definition) is 3. The van der Waals surface area contributed by atoms with Crippen molar-refractivity contribution in [1.29, 1.82) is 0 Å². The van der Waals surface area contributed by atoms with Gasteiger partial charge in [0.25, 0.3) is 0 Å². The normalized spacial score (nSPS) is 22.9. The van der Waals surface area contributed by atoms with Crippen LogP contribution in [-0.2, 0) is 4.79 Å². The fourth-order valence-corrected chi connectivity index (χ4v) is 2.26. The van der Waals surface area contributed by atoms with Gasteiger partial charge in [-0.15, -0.1) is 0 Å². The number of carbonyl (C=O) groups is 1. The number of hydrogen-bond donors (Lipinski definition) is 2. The molecule has 0 radical (unpaired) electrons. The highest BCUT2D eigenvalue weighted by Gasteiger charge is 2.33. The van der Waals surface area contributed by atoms with Gasteiger partial charge in [-0.1, -0.05) is 6.42 Å². The van der Waals surface area contributed by atoms with Crippen LogP contribution in [0.15, 0.2) is 0 Å². The number of nitrogens with two attached hydrogens (primary N) is 1. The minimum Gasteiger partial charge on any atom is -0.352 e. The molecule has 2 saturated carbocycles. The summed E-state index contributed by atoms with van der Waals surface area (Å²) in [6, 6.07) is 1.02. The average Bonchev–Trinajstić information content (AvgIpc) is 2.97. The maximum atomic E-state index is 12.0. The summed E-state index contributed by atoms with van der Waals surface area (Å²) in [5.74, 6) is 0.183. The van der Waals surface area contributed by atoms with Crippen LogP contribution in [0.1, 0.15) is 39.0 Å². The zero-order valence-corrected chi connectivity index (χ0v) is 10.1. The smallest absolute Gasteiger partial charge is 0.237 e. The Balaban J connectivity index is 1.86. The van der Waals surface area contributed by atoms with Gasteiger partial charge in [0.05, 0.1) is 6.04 Å². The molecule has 4 heteroatoms. The van der Waals surface area contributed by atoms with E-state index in [1.807, 2.05) is 6.92 Å². The van der Waals surface area contributed by atoms with Crippen LogP contribution in [-0.4, -0.2) is 42.0 Å². The van der Waals surface area contributed by atoms with Crippen LogP contribution >= 0.6 is 0 Å². The third-order valence-corrected chi connectivity index (χ3v) is 3.73. The Hall–Kier alpha value is -0.610. The lowest BCUT2D eigenvalue weighted by Crippen LogP contribution is -2.53. The number of nitrogens with one attached hydrogen (secondary N) is 1. The molecule has 2 aliphatic carbocycles. The number of rotatable bonds is 6. The third kappa shape index (κ3) is 2.74. The Labute approximate surface area is 97.6 Å². The monoisotopic (exact) mass is 225 g/mol. The second-order valence-electron chi connectivity index (χ2n) is 5.07. The number of carbonyl (C=O) groups excluding carboxylic acids is 1. The maximum absolute atomic E-state index is 12.0. The SMILES string of the molecule is CC(C(=O)NC1CC1)N(CCN)C1CCC1. The van der Waals surface area contributed by atoms with Gasteiger partial charge >= 0.3 is 0 Å². The van der Waals surface area contributed by atoms with Crippen LogP contribution in [0.25, 0.3) is 0 Å². The van der Waals surface area contributed by atoms with Crippen LogP contribution in [0.5, 0.6) is 0 Å². The molecule has 0 aromatic carbocycles. The van der Waals surface area contributed by atoms with Gasteiger partial charge in [0.15, 0.2) is 0 Å². The molecule has 92 valence electrons. The van der Waals surface area contributed by atoms with Gasteiger partial charge in [-0.3, -0.25) is 9.69 Å². The molecule has 0 saturated heterocycles. The molecule has 1 atom stereocenters. The van der Waals surface area contributed by atoms with Crippen molar-refractivity contribution >= 4 is 5.91 Å². The van der Waals surface area contributed by atoms with Crippen molar-refractivity contribution in [3.8, 4) is 0 Å². The summed E-state index contributed by atoms with van der Waals surface area (Å²) in [4.78, 5) is 14.2. The van der Waals surface area contributed by atoms with Gasteiger partial charge in [-0.05, 0) is 32.6 Å². The maximum Gasteiger partial charge on any atom is 0.237 e. The topological polar surface area (TPSA) is 58.4 Å². The molecular formula is C12H23N3O. The van der Waals surface area contributed by atoms with E-state index >= 15 is 0 Å². The fraction of sp³-hybridized carbons (Fsp3) is 0.917. The van der Waals surface area contributed by atoms with Crippen LogP contribution in [0.2, 0.25) is 0 Å². The van der Waals surface area contributed by atoms with E-state index in [1.165, 1.54) is 19.3 Å². The molecule has 16 heavy (non-hydrogen) atoms. The van der Waals surface area contributed by atoms with Crippen LogP contribution in [0.3, 0.4) is 0 Å². The first-order chi connectivity index (χ1) is 7.72. The zero-order chi connectivity index (χ0) is 11.5. The molecule has 0 bridgehead atoms. The van der Waals surface area contributed by atoms with Crippen LogP contribution in [0, 0.1) is 0 Å². The molecule has 2 aliphatic rings. The quantitative estimate of drug-likeness (QED) is 0.691. The molecule has 1 unspecified atom stereocenters. The van der Waals surface area contributed by atoms with Crippen molar-refractivity contribution in [2.75, 3.05) is 13.1 Å². The van der Waals surface area contributed by atoms with E-state index in [9.17, 15) is 4.79 Å². The van der Waals surface area contributed by atoms with Gasteiger partial charge in [0.2, 0.25) is 5.91 Å². The molecule has 0 aliphatic heterocycles. The third-order valence-electron chi connectivity index (χ3n) is 3.73. The summed E-state index contributed by atoms with van der Waals surface area (Å²) in [7, 11) is 0. The average molecular weight is 225 g/mol. The molecule has 0 spiro atoms. The van der Waals surface area contributed by atoms with Crippen LogP contribution < -0.4 is 11.1 Å². The Morgan fingerprint density at radius 3 is 2.56 bits per heavy atom. The van der Waals surface area contributed by atoms with Crippen molar-refractivity contribution in [1.82, 2.24) is 10.2 Å². The number of nitrogens with zero attached hydrogens (tertiary/aromatic N) is 1. The van der Waals surface area contributed by atoms with Gasteiger partial charge in [0, 0.05) is 25.2 Å². The van der Waals surface area contributed by atoms with Gasteiger partial charge < -0.3 is 11.1 Å². The van der Waals surface area contributed by atoms with Crippen molar-refractivity contribution in [2.45, 2.75) is 57.2 Å². The van der Waals surface area contributed by atoms with E-state index in [1.54, 1.807) is 0 Å². The van der Waals surface area contributed by atoms with Crippen molar-refractivity contribution in [2.24, 2.45) is 5.73 Å². The fourth-order valence-electron chi connectivity index (χ4n) is 2.26. The highest BCUT2D eigenvalue weighted by molar-refractivity contribution is 5.81. The summed E-state index contributed by atoms with van der Waals surface area (Å²) in [6.45, 7) is 3.48. The lowest BCUT2D eigenvalue weighted by molar-refractivity contribution is -0.127. The molecule has 2 rings (SSSR count). The Bertz CT molecular complexity index is 249. The predicted molar refractivity (Wildman–Crippen MR) is 64.0 cm³/mol. The highest BCUT2D eigenvalue weighted by atomic mass is 16.2. The van der Waals surface area contributed by atoms with Gasteiger partial charge in [0.1, 0.15) is 0 Å².